The van der Waals surface area contributed by atoms with Crippen LogP contribution in [0.1, 0.15) is 36.7 Å². The molecule has 102 valence electrons. The van der Waals surface area contributed by atoms with Gasteiger partial charge in [-0.2, -0.15) is 5.10 Å². The third-order valence-electron chi connectivity index (χ3n) is 3.97. The topological polar surface area (TPSA) is 41.3 Å². The first-order chi connectivity index (χ1) is 8.61. The Bertz CT molecular complexity index is 400. The molecule has 1 aliphatic heterocycles. The lowest BCUT2D eigenvalue weighted by atomic mass is 9.99. The van der Waals surface area contributed by atoms with Gasteiger partial charge in [-0.3, -0.25) is 9.58 Å². The van der Waals surface area contributed by atoms with Gasteiger partial charge in [0.05, 0.1) is 18.8 Å². The van der Waals surface area contributed by atoms with Gasteiger partial charge >= 0.3 is 0 Å². The number of aliphatic hydroxyl groups is 1. The predicted molar refractivity (Wildman–Crippen MR) is 72.5 cm³/mol. The lowest BCUT2D eigenvalue weighted by Crippen LogP contribution is -2.34. The van der Waals surface area contributed by atoms with Crippen LogP contribution in [0.4, 0.5) is 0 Å². The molecule has 1 aliphatic rings. The lowest BCUT2D eigenvalue weighted by Gasteiger charge is -2.30. The molecule has 1 aromatic heterocycles. The Balaban J connectivity index is 2.08. The van der Waals surface area contributed by atoms with Gasteiger partial charge in [-0.1, -0.05) is 6.92 Å². The molecule has 0 saturated carbocycles. The van der Waals surface area contributed by atoms with E-state index >= 15 is 0 Å². The molecule has 2 rings (SSSR count). The maximum atomic E-state index is 9.03. The monoisotopic (exact) mass is 251 g/mol. The summed E-state index contributed by atoms with van der Waals surface area (Å²) < 4.78 is 1.93. The number of rotatable bonds is 4. The van der Waals surface area contributed by atoms with E-state index in [1.807, 2.05) is 4.68 Å². The molecule has 4 heteroatoms. The quantitative estimate of drug-likeness (QED) is 0.886. The number of nitrogens with zero attached hydrogens (tertiary/aromatic N) is 3. The second-order valence-electron chi connectivity index (χ2n) is 5.58. The van der Waals surface area contributed by atoms with Gasteiger partial charge in [0.2, 0.25) is 0 Å². The average molecular weight is 251 g/mol. The van der Waals surface area contributed by atoms with Crippen LogP contribution < -0.4 is 0 Å². The van der Waals surface area contributed by atoms with E-state index in [1.165, 1.54) is 37.2 Å². The van der Waals surface area contributed by atoms with Crippen LogP contribution in [0.5, 0.6) is 0 Å². The lowest BCUT2D eigenvalue weighted by molar-refractivity contribution is 0.176. The third kappa shape index (κ3) is 2.93. The van der Waals surface area contributed by atoms with Gasteiger partial charge in [-0.05, 0) is 39.2 Å². The largest absolute Gasteiger partial charge is 0.394 e. The van der Waals surface area contributed by atoms with E-state index in [0.717, 1.165) is 18.2 Å². The Morgan fingerprint density at radius 2 is 2.17 bits per heavy atom. The van der Waals surface area contributed by atoms with Gasteiger partial charge < -0.3 is 5.11 Å². The van der Waals surface area contributed by atoms with Crippen LogP contribution in [0.25, 0.3) is 0 Å². The van der Waals surface area contributed by atoms with E-state index in [0.29, 0.717) is 6.54 Å². The SMILES string of the molecule is Cc1nn(CCO)c(C)c1CN1CCCC(C)C1. The molecule has 1 unspecified atom stereocenters. The van der Waals surface area contributed by atoms with Gasteiger partial charge in [-0.25, -0.2) is 0 Å². The highest BCUT2D eigenvalue weighted by Gasteiger charge is 2.19. The summed E-state index contributed by atoms with van der Waals surface area (Å²) in [4.78, 5) is 2.54. The maximum Gasteiger partial charge on any atom is 0.0644 e. The number of likely N-dealkylation sites (tertiary alicyclic amines) is 1. The summed E-state index contributed by atoms with van der Waals surface area (Å²) in [5.74, 6) is 0.812. The van der Waals surface area contributed by atoms with Crippen LogP contribution >= 0.6 is 0 Å². The molecule has 2 heterocycles. The van der Waals surface area contributed by atoms with Crippen LogP contribution in [-0.2, 0) is 13.1 Å². The molecule has 1 atom stereocenters. The van der Waals surface area contributed by atoms with Crippen LogP contribution in [0, 0.1) is 19.8 Å². The Hall–Kier alpha value is -0.870. The van der Waals surface area contributed by atoms with Crippen molar-refractivity contribution < 1.29 is 5.11 Å². The molecule has 1 fully saturated rings. The second kappa shape index (κ2) is 5.85. The van der Waals surface area contributed by atoms with Crippen LogP contribution in [0.3, 0.4) is 0 Å². The van der Waals surface area contributed by atoms with Crippen molar-refractivity contribution in [1.82, 2.24) is 14.7 Å². The summed E-state index contributed by atoms with van der Waals surface area (Å²) in [6.07, 6.45) is 2.67. The first kappa shape index (κ1) is 13.6. The number of aryl methyl sites for hydroxylation is 1. The van der Waals surface area contributed by atoms with E-state index in [2.05, 4.69) is 30.8 Å². The molecule has 1 saturated heterocycles. The van der Waals surface area contributed by atoms with Gasteiger partial charge in [0.1, 0.15) is 0 Å². The zero-order chi connectivity index (χ0) is 13.1. The predicted octanol–water partition coefficient (Wildman–Crippen LogP) is 1.72. The summed E-state index contributed by atoms with van der Waals surface area (Å²) in [5.41, 5.74) is 3.66. The zero-order valence-electron chi connectivity index (χ0n) is 11.8. The first-order valence-corrected chi connectivity index (χ1v) is 6.98. The van der Waals surface area contributed by atoms with E-state index in [1.54, 1.807) is 0 Å². The second-order valence-corrected chi connectivity index (χ2v) is 5.58. The standard InChI is InChI=1S/C14H25N3O/c1-11-5-4-6-16(9-11)10-14-12(2)15-17(7-8-18)13(14)3/h11,18H,4-10H2,1-3H3. The van der Waals surface area contributed by atoms with Crippen LogP contribution in [0.15, 0.2) is 0 Å². The Labute approximate surface area is 110 Å². The summed E-state index contributed by atoms with van der Waals surface area (Å²) >= 11 is 0. The van der Waals surface area contributed by atoms with Crippen LogP contribution in [0.2, 0.25) is 0 Å². The molecule has 0 aliphatic carbocycles. The number of piperidine rings is 1. The summed E-state index contributed by atoms with van der Waals surface area (Å²) in [6, 6.07) is 0. The van der Waals surface area contributed by atoms with Crippen molar-refractivity contribution in [3.05, 3.63) is 17.0 Å². The van der Waals surface area contributed by atoms with E-state index in [-0.39, 0.29) is 6.61 Å². The van der Waals surface area contributed by atoms with Crippen molar-refractivity contribution in [2.24, 2.45) is 5.92 Å². The molecule has 0 amide bonds. The van der Waals surface area contributed by atoms with Gasteiger partial charge in [0, 0.05) is 24.3 Å². The van der Waals surface area contributed by atoms with Crippen molar-refractivity contribution in [1.29, 1.82) is 0 Å². The molecule has 0 aromatic carbocycles. The molecular formula is C14H25N3O. The molecular weight excluding hydrogens is 226 g/mol. The van der Waals surface area contributed by atoms with Gasteiger partial charge in [0.15, 0.2) is 0 Å². The van der Waals surface area contributed by atoms with Gasteiger partial charge in [-0.15, -0.1) is 0 Å². The van der Waals surface area contributed by atoms with Crippen molar-refractivity contribution in [3.63, 3.8) is 0 Å². The highest BCUT2D eigenvalue weighted by atomic mass is 16.3. The van der Waals surface area contributed by atoms with Crippen molar-refractivity contribution in [2.45, 2.75) is 46.7 Å². The first-order valence-electron chi connectivity index (χ1n) is 6.98. The Kier molecular flexibility index (Phi) is 4.40. The zero-order valence-corrected chi connectivity index (χ0v) is 11.8. The molecule has 0 radical (unpaired) electrons. The number of hydrogen-bond donors (Lipinski definition) is 1. The fourth-order valence-corrected chi connectivity index (χ4v) is 2.93. The minimum Gasteiger partial charge on any atom is -0.394 e. The molecule has 0 bridgehead atoms. The van der Waals surface area contributed by atoms with Crippen molar-refractivity contribution >= 4 is 0 Å². The highest BCUT2D eigenvalue weighted by Crippen LogP contribution is 2.21. The minimum absolute atomic E-state index is 0.155. The summed E-state index contributed by atoms with van der Waals surface area (Å²) in [7, 11) is 0. The maximum absolute atomic E-state index is 9.03. The van der Waals surface area contributed by atoms with Crippen molar-refractivity contribution in [3.8, 4) is 0 Å². The molecule has 0 spiro atoms. The molecule has 18 heavy (non-hydrogen) atoms. The Morgan fingerprint density at radius 1 is 1.39 bits per heavy atom. The fraction of sp³-hybridized carbons (Fsp3) is 0.786. The minimum atomic E-state index is 0.155. The van der Waals surface area contributed by atoms with Crippen molar-refractivity contribution in [2.75, 3.05) is 19.7 Å². The smallest absolute Gasteiger partial charge is 0.0644 e. The highest BCUT2D eigenvalue weighted by molar-refractivity contribution is 5.24. The summed E-state index contributed by atoms with van der Waals surface area (Å²) in [5, 5.41) is 13.5. The molecule has 1 N–H and O–H groups in total. The summed E-state index contributed by atoms with van der Waals surface area (Å²) in [6.45, 7) is 10.7. The Morgan fingerprint density at radius 3 is 2.83 bits per heavy atom. The fourth-order valence-electron chi connectivity index (χ4n) is 2.93. The number of hydrogen-bond acceptors (Lipinski definition) is 3. The molecule has 4 nitrogen and oxygen atoms in total. The van der Waals surface area contributed by atoms with E-state index < -0.39 is 0 Å². The number of aromatic nitrogens is 2. The van der Waals surface area contributed by atoms with E-state index in [9.17, 15) is 0 Å². The molecule has 1 aromatic rings. The third-order valence-corrected chi connectivity index (χ3v) is 3.97. The van der Waals surface area contributed by atoms with Crippen LogP contribution in [-0.4, -0.2) is 39.5 Å². The normalized spacial score (nSPS) is 21.4. The average Bonchev–Trinajstić information content (AvgIpc) is 2.58. The number of aliphatic hydroxyl groups excluding tert-OH is 1. The van der Waals surface area contributed by atoms with E-state index in [4.69, 9.17) is 5.11 Å². The van der Waals surface area contributed by atoms with Gasteiger partial charge in [0.25, 0.3) is 0 Å².